The van der Waals surface area contributed by atoms with E-state index in [1.807, 2.05) is 30.3 Å². The van der Waals surface area contributed by atoms with Crippen LogP contribution in [0.1, 0.15) is 41.8 Å². The number of rotatable bonds is 5. The first-order valence-electron chi connectivity index (χ1n) is 9.11. The molecule has 0 aliphatic heterocycles. The molecule has 1 aliphatic rings. The van der Waals surface area contributed by atoms with Crippen molar-refractivity contribution in [1.82, 2.24) is 10.3 Å². The van der Waals surface area contributed by atoms with E-state index in [-0.39, 0.29) is 18.6 Å². The van der Waals surface area contributed by atoms with E-state index in [9.17, 15) is 9.59 Å². The molecule has 3 aromatic rings. The summed E-state index contributed by atoms with van der Waals surface area (Å²) < 4.78 is 6.30. The van der Waals surface area contributed by atoms with Gasteiger partial charge in [-0.25, -0.2) is 9.78 Å². The minimum Gasteiger partial charge on any atom is -0.451 e. The van der Waals surface area contributed by atoms with Gasteiger partial charge in [-0.1, -0.05) is 31.4 Å². The smallest absolute Gasteiger partial charge is 0.348 e. The van der Waals surface area contributed by atoms with Crippen molar-refractivity contribution in [3.63, 3.8) is 0 Å². The average molecular weight is 401 g/mol. The molecule has 0 atom stereocenters. The Bertz CT molecular complexity index is 924. The molecule has 0 saturated heterocycles. The summed E-state index contributed by atoms with van der Waals surface area (Å²) in [6.07, 6.45) is 5.55. The van der Waals surface area contributed by atoms with Crippen LogP contribution in [0.3, 0.4) is 0 Å². The molecule has 2 aromatic heterocycles. The molecule has 2 heterocycles. The van der Waals surface area contributed by atoms with Crippen LogP contribution < -0.4 is 5.32 Å². The number of ether oxygens (including phenoxy) is 1. The zero-order chi connectivity index (χ0) is 18.6. The molecular formula is C20H20N2O3S2. The molecule has 0 radical (unpaired) electrons. The number of nitrogens with one attached hydrogen (secondary N) is 1. The minimum absolute atomic E-state index is 0.220. The predicted molar refractivity (Wildman–Crippen MR) is 108 cm³/mol. The van der Waals surface area contributed by atoms with Gasteiger partial charge in [0.2, 0.25) is 0 Å². The summed E-state index contributed by atoms with van der Waals surface area (Å²) in [5, 5.41) is 3.84. The Balaban J connectivity index is 1.35. The summed E-state index contributed by atoms with van der Waals surface area (Å²) >= 11 is 2.93. The normalized spacial score (nSPS) is 15.0. The van der Waals surface area contributed by atoms with E-state index in [1.165, 1.54) is 17.8 Å². The second kappa shape index (κ2) is 8.19. The molecule has 140 valence electrons. The van der Waals surface area contributed by atoms with E-state index in [4.69, 9.17) is 4.74 Å². The van der Waals surface area contributed by atoms with Crippen molar-refractivity contribution in [1.29, 1.82) is 0 Å². The quantitative estimate of drug-likeness (QED) is 0.634. The number of fused-ring (bicyclic) bond motifs is 1. The summed E-state index contributed by atoms with van der Waals surface area (Å²) in [7, 11) is 0. The first-order chi connectivity index (χ1) is 13.2. The third-order valence-corrected chi connectivity index (χ3v) is 6.89. The summed E-state index contributed by atoms with van der Waals surface area (Å²) in [5.41, 5.74) is 0.953. The summed E-state index contributed by atoms with van der Waals surface area (Å²) in [6.45, 7) is -0.232. The fourth-order valence-corrected chi connectivity index (χ4v) is 5.18. The fraction of sp³-hybridized carbons (Fsp3) is 0.350. The molecule has 1 aromatic carbocycles. The lowest BCUT2D eigenvalue weighted by molar-refractivity contribution is -0.125. The number of hydrogen-bond acceptors (Lipinski definition) is 6. The minimum atomic E-state index is -0.467. The van der Waals surface area contributed by atoms with Crippen molar-refractivity contribution >= 4 is 44.8 Å². The third-order valence-electron chi connectivity index (χ3n) is 4.62. The van der Waals surface area contributed by atoms with Crippen LogP contribution in [0.5, 0.6) is 0 Å². The van der Waals surface area contributed by atoms with Gasteiger partial charge in [0.1, 0.15) is 9.88 Å². The molecule has 7 heteroatoms. The van der Waals surface area contributed by atoms with Gasteiger partial charge in [-0.2, -0.15) is 0 Å². The molecule has 1 N–H and O–H groups in total. The number of esters is 1. The number of hydrogen-bond donors (Lipinski definition) is 1. The number of benzene rings is 1. The van der Waals surface area contributed by atoms with Gasteiger partial charge in [0.25, 0.3) is 5.91 Å². The molecule has 4 rings (SSSR count). The molecule has 1 fully saturated rings. The predicted octanol–water partition coefficient (Wildman–Crippen LogP) is 4.63. The lowest BCUT2D eigenvalue weighted by atomic mass is 9.95. The van der Waals surface area contributed by atoms with E-state index in [0.717, 1.165) is 45.8 Å². The highest BCUT2D eigenvalue weighted by Crippen LogP contribution is 2.34. The van der Waals surface area contributed by atoms with Crippen LogP contribution in [0, 0.1) is 0 Å². The number of thiophene rings is 1. The van der Waals surface area contributed by atoms with Gasteiger partial charge in [0.15, 0.2) is 6.61 Å². The Labute approximate surface area is 165 Å². The van der Waals surface area contributed by atoms with Crippen molar-refractivity contribution in [2.45, 2.75) is 38.1 Å². The van der Waals surface area contributed by atoms with Crippen LogP contribution in [0.25, 0.3) is 20.1 Å². The molecule has 1 amide bonds. The van der Waals surface area contributed by atoms with Crippen LogP contribution in [0.4, 0.5) is 0 Å². The van der Waals surface area contributed by atoms with Gasteiger partial charge < -0.3 is 10.1 Å². The fourth-order valence-electron chi connectivity index (χ4n) is 3.26. The standard InChI is InChI=1S/C20H20N2O3S2/c23-18(21-13-6-2-1-3-7-13)12-25-20(24)17-11-10-16(26-17)19-22-14-8-4-5-9-15(14)27-19/h4-5,8-11,13H,1-3,6-7,12H2,(H,21,23). The maximum Gasteiger partial charge on any atom is 0.348 e. The van der Waals surface area contributed by atoms with E-state index < -0.39 is 5.97 Å². The zero-order valence-corrected chi connectivity index (χ0v) is 16.4. The Hall–Kier alpha value is -2.25. The summed E-state index contributed by atoms with van der Waals surface area (Å²) in [4.78, 5) is 30.2. The van der Waals surface area contributed by atoms with Crippen LogP contribution >= 0.6 is 22.7 Å². The number of para-hydroxylation sites is 1. The van der Waals surface area contributed by atoms with E-state index in [2.05, 4.69) is 10.3 Å². The highest BCUT2D eigenvalue weighted by atomic mass is 32.1. The third kappa shape index (κ3) is 4.36. The van der Waals surface area contributed by atoms with Crippen LogP contribution in [0.15, 0.2) is 36.4 Å². The van der Waals surface area contributed by atoms with E-state index >= 15 is 0 Å². The number of carbonyl (C=O) groups is 2. The van der Waals surface area contributed by atoms with Gasteiger partial charge in [-0.3, -0.25) is 4.79 Å². The molecule has 0 unspecified atom stereocenters. The van der Waals surface area contributed by atoms with Gasteiger partial charge in [0.05, 0.1) is 15.1 Å². The molecule has 0 spiro atoms. The largest absolute Gasteiger partial charge is 0.451 e. The van der Waals surface area contributed by atoms with Crippen molar-refractivity contribution in [3.8, 4) is 9.88 Å². The van der Waals surface area contributed by atoms with Crippen LogP contribution in [-0.2, 0) is 9.53 Å². The van der Waals surface area contributed by atoms with E-state index in [0.29, 0.717) is 4.88 Å². The SMILES string of the molecule is O=C(COC(=O)c1ccc(-c2nc3ccccc3s2)s1)NC1CCCCC1. The molecule has 27 heavy (non-hydrogen) atoms. The lowest BCUT2D eigenvalue weighted by Gasteiger charge is -2.22. The zero-order valence-electron chi connectivity index (χ0n) is 14.8. The average Bonchev–Trinajstić information content (AvgIpc) is 3.33. The van der Waals surface area contributed by atoms with Crippen molar-refractivity contribution in [2.75, 3.05) is 6.61 Å². The molecular weight excluding hydrogens is 380 g/mol. The van der Waals surface area contributed by atoms with E-state index in [1.54, 1.807) is 17.4 Å². The summed E-state index contributed by atoms with van der Waals surface area (Å²) in [6, 6.07) is 11.8. The van der Waals surface area contributed by atoms with Crippen LogP contribution in [-0.4, -0.2) is 29.5 Å². The first kappa shape index (κ1) is 18.1. The Morgan fingerprint density at radius 2 is 1.89 bits per heavy atom. The lowest BCUT2D eigenvalue weighted by Crippen LogP contribution is -2.38. The maximum absolute atomic E-state index is 12.2. The van der Waals surface area contributed by atoms with Gasteiger partial charge in [0, 0.05) is 6.04 Å². The second-order valence-electron chi connectivity index (χ2n) is 6.63. The topological polar surface area (TPSA) is 68.3 Å². The maximum atomic E-state index is 12.2. The number of carbonyl (C=O) groups excluding carboxylic acids is 2. The molecule has 1 saturated carbocycles. The molecule has 5 nitrogen and oxygen atoms in total. The van der Waals surface area contributed by atoms with Crippen molar-refractivity contribution in [2.24, 2.45) is 0 Å². The highest BCUT2D eigenvalue weighted by Gasteiger charge is 2.18. The monoisotopic (exact) mass is 400 g/mol. The van der Waals surface area contributed by atoms with Gasteiger partial charge >= 0.3 is 5.97 Å². The van der Waals surface area contributed by atoms with Gasteiger partial charge in [-0.05, 0) is 37.1 Å². The van der Waals surface area contributed by atoms with Crippen molar-refractivity contribution < 1.29 is 14.3 Å². The number of aromatic nitrogens is 1. The second-order valence-corrected chi connectivity index (χ2v) is 8.74. The number of nitrogens with zero attached hydrogens (tertiary/aromatic N) is 1. The number of amides is 1. The van der Waals surface area contributed by atoms with Gasteiger partial charge in [-0.15, -0.1) is 22.7 Å². The van der Waals surface area contributed by atoms with Crippen LogP contribution in [0.2, 0.25) is 0 Å². The Morgan fingerprint density at radius 1 is 1.07 bits per heavy atom. The Kier molecular flexibility index (Phi) is 5.50. The number of thiazole rings is 1. The molecule has 0 bridgehead atoms. The van der Waals surface area contributed by atoms with Crippen molar-refractivity contribution in [3.05, 3.63) is 41.3 Å². The highest BCUT2D eigenvalue weighted by molar-refractivity contribution is 7.26. The first-order valence-corrected chi connectivity index (χ1v) is 10.7. The Morgan fingerprint density at radius 3 is 2.70 bits per heavy atom. The summed E-state index contributed by atoms with van der Waals surface area (Å²) in [5.74, 6) is -0.690. The molecule has 1 aliphatic carbocycles.